The number of carboxylic acid groups (broad SMARTS) is 1. The number of rotatable bonds is 3. The second-order valence-electron chi connectivity index (χ2n) is 3.94. The molecule has 6 heteroatoms. The number of benzene rings is 2. The van der Waals surface area contributed by atoms with Gasteiger partial charge in [-0.25, -0.2) is 9.18 Å². The maximum Gasteiger partial charge on any atom is 0.335 e. The molecule has 0 radical (unpaired) electrons. The number of carbonyl (C=O) groups excluding carboxylic acids is 1. The summed E-state index contributed by atoms with van der Waals surface area (Å²) in [5.74, 6) is -2.31. The zero-order chi connectivity index (χ0) is 14.7. The molecule has 0 spiro atoms. The van der Waals surface area contributed by atoms with E-state index in [0.29, 0.717) is 5.69 Å². The fourth-order valence-corrected chi connectivity index (χ4v) is 1.94. The first-order chi connectivity index (χ1) is 9.49. The molecule has 0 bridgehead atoms. The highest BCUT2D eigenvalue weighted by atomic mass is 79.9. The van der Waals surface area contributed by atoms with Crippen molar-refractivity contribution >= 4 is 33.5 Å². The van der Waals surface area contributed by atoms with Crippen LogP contribution in [0.5, 0.6) is 0 Å². The SMILES string of the molecule is O=C(O)c1ccc(NC(=O)c2cccc(Br)c2F)cc1. The highest BCUT2D eigenvalue weighted by Gasteiger charge is 2.14. The van der Waals surface area contributed by atoms with Gasteiger partial charge in [0.1, 0.15) is 5.82 Å². The van der Waals surface area contributed by atoms with Crippen LogP contribution in [0.2, 0.25) is 0 Å². The van der Waals surface area contributed by atoms with E-state index in [0.717, 1.165) is 0 Å². The molecule has 0 fully saturated rings. The number of halogens is 2. The van der Waals surface area contributed by atoms with Crippen molar-refractivity contribution in [1.29, 1.82) is 0 Å². The average Bonchev–Trinajstić information content (AvgIpc) is 2.42. The molecule has 0 saturated carbocycles. The van der Waals surface area contributed by atoms with Crippen molar-refractivity contribution in [2.45, 2.75) is 0 Å². The van der Waals surface area contributed by atoms with E-state index in [1.807, 2.05) is 0 Å². The molecule has 4 nitrogen and oxygen atoms in total. The van der Waals surface area contributed by atoms with Gasteiger partial charge in [0.15, 0.2) is 0 Å². The number of hydrogen-bond acceptors (Lipinski definition) is 2. The summed E-state index contributed by atoms with van der Waals surface area (Å²) in [6, 6.07) is 10.0. The monoisotopic (exact) mass is 337 g/mol. The summed E-state index contributed by atoms with van der Waals surface area (Å²) < 4.78 is 13.9. The lowest BCUT2D eigenvalue weighted by molar-refractivity contribution is 0.0696. The molecule has 0 aliphatic carbocycles. The lowest BCUT2D eigenvalue weighted by atomic mass is 10.1. The fraction of sp³-hybridized carbons (Fsp3) is 0. The average molecular weight is 338 g/mol. The van der Waals surface area contributed by atoms with Gasteiger partial charge >= 0.3 is 5.97 Å². The molecule has 0 aliphatic rings. The predicted molar refractivity (Wildman–Crippen MR) is 75.5 cm³/mol. The summed E-state index contributed by atoms with van der Waals surface area (Å²) in [5.41, 5.74) is 0.401. The van der Waals surface area contributed by atoms with Crippen LogP contribution in [0.3, 0.4) is 0 Å². The van der Waals surface area contributed by atoms with Crippen LogP contribution in [0, 0.1) is 5.82 Å². The van der Waals surface area contributed by atoms with Gasteiger partial charge in [-0.05, 0) is 52.3 Å². The van der Waals surface area contributed by atoms with E-state index >= 15 is 0 Å². The van der Waals surface area contributed by atoms with Crippen molar-refractivity contribution in [1.82, 2.24) is 0 Å². The minimum Gasteiger partial charge on any atom is -0.478 e. The first-order valence-electron chi connectivity index (χ1n) is 5.58. The van der Waals surface area contributed by atoms with Gasteiger partial charge < -0.3 is 10.4 Å². The quantitative estimate of drug-likeness (QED) is 0.900. The van der Waals surface area contributed by atoms with Gasteiger partial charge in [0, 0.05) is 5.69 Å². The van der Waals surface area contributed by atoms with Crippen molar-refractivity contribution in [2.75, 3.05) is 5.32 Å². The lowest BCUT2D eigenvalue weighted by Crippen LogP contribution is -2.14. The first kappa shape index (κ1) is 14.2. The standard InChI is InChI=1S/C14H9BrFNO3/c15-11-3-1-2-10(12(11)16)13(18)17-9-6-4-8(5-7-9)14(19)20/h1-7H,(H,17,18)(H,19,20). The van der Waals surface area contributed by atoms with Crippen molar-refractivity contribution in [2.24, 2.45) is 0 Å². The van der Waals surface area contributed by atoms with Gasteiger partial charge in [0.05, 0.1) is 15.6 Å². The molecule has 1 amide bonds. The Morgan fingerprint density at radius 3 is 2.35 bits per heavy atom. The molecule has 0 heterocycles. The van der Waals surface area contributed by atoms with Gasteiger partial charge in [-0.1, -0.05) is 6.07 Å². The first-order valence-corrected chi connectivity index (χ1v) is 6.37. The predicted octanol–water partition coefficient (Wildman–Crippen LogP) is 3.54. The number of carbonyl (C=O) groups is 2. The normalized spacial score (nSPS) is 10.1. The van der Waals surface area contributed by atoms with Gasteiger partial charge in [0.2, 0.25) is 0 Å². The highest BCUT2D eigenvalue weighted by Crippen LogP contribution is 2.20. The molecule has 0 atom stereocenters. The maximum absolute atomic E-state index is 13.7. The number of aromatic carboxylic acids is 1. The third-order valence-corrected chi connectivity index (χ3v) is 3.20. The van der Waals surface area contributed by atoms with Gasteiger partial charge in [-0.15, -0.1) is 0 Å². The molecule has 20 heavy (non-hydrogen) atoms. The van der Waals surface area contributed by atoms with Gasteiger partial charge in [-0.2, -0.15) is 0 Å². The van der Waals surface area contributed by atoms with E-state index in [1.165, 1.54) is 36.4 Å². The number of amides is 1. The van der Waals surface area contributed by atoms with Crippen LogP contribution >= 0.6 is 15.9 Å². The minimum atomic E-state index is -1.05. The van der Waals surface area contributed by atoms with Crippen molar-refractivity contribution in [3.05, 3.63) is 63.9 Å². The molecular formula is C14H9BrFNO3. The van der Waals surface area contributed by atoms with Crippen LogP contribution in [0.4, 0.5) is 10.1 Å². The molecular weight excluding hydrogens is 329 g/mol. The summed E-state index contributed by atoms with van der Waals surface area (Å²) in [6.07, 6.45) is 0. The zero-order valence-corrected chi connectivity index (χ0v) is 11.6. The van der Waals surface area contributed by atoms with Crippen LogP contribution in [0.15, 0.2) is 46.9 Å². The number of anilines is 1. The van der Waals surface area contributed by atoms with E-state index < -0.39 is 17.7 Å². The molecule has 0 saturated heterocycles. The molecule has 2 aromatic rings. The summed E-state index contributed by atoms with van der Waals surface area (Å²) >= 11 is 3.00. The number of nitrogens with one attached hydrogen (secondary N) is 1. The van der Waals surface area contributed by atoms with Crippen molar-refractivity contribution in [3.63, 3.8) is 0 Å². The summed E-state index contributed by atoms with van der Waals surface area (Å²) in [5, 5.41) is 11.3. The molecule has 2 N–H and O–H groups in total. The van der Waals surface area contributed by atoms with E-state index in [1.54, 1.807) is 6.07 Å². The number of hydrogen-bond donors (Lipinski definition) is 2. The zero-order valence-electron chi connectivity index (χ0n) is 10.1. The Labute approximate surface area is 122 Å². The van der Waals surface area contributed by atoms with Crippen LogP contribution in [0.1, 0.15) is 20.7 Å². The van der Waals surface area contributed by atoms with Crippen molar-refractivity contribution < 1.29 is 19.1 Å². The topological polar surface area (TPSA) is 66.4 Å². The van der Waals surface area contributed by atoms with E-state index in [2.05, 4.69) is 21.2 Å². The Hall–Kier alpha value is -2.21. The lowest BCUT2D eigenvalue weighted by Gasteiger charge is -2.07. The van der Waals surface area contributed by atoms with Crippen molar-refractivity contribution in [3.8, 4) is 0 Å². The maximum atomic E-state index is 13.7. The molecule has 102 valence electrons. The van der Waals surface area contributed by atoms with E-state index in [9.17, 15) is 14.0 Å². The summed E-state index contributed by atoms with van der Waals surface area (Å²) in [4.78, 5) is 22.6. The fourth-order valence-electron chi connectivity index (χ4n) is 1.57. The largest absolute Gasteiger partial charge is 0.478 e. The van der Waals surface area contributed by atoms with Crippen LogP contribution < -0.4 is 5.32 Å². The van der Waals surface area contributed by atoms with Crippen LogP contribution in [-0.4, -0.2) is 17.0 Å². The van der Waals surface area contributed by atoms with E-state index in [4.69, 9.17) is 5.11 Å². The highest BCUT2D eigenvalue weighted by molar-refractivity contribution is 9.10. The van der Waals surface area contributed by atoms with E-state index in [-0.39, 0.29) is 15.6 Å². The van der Waals surface area contributed by atoms with Crippen LogP contribution in [0.25, 0.3) is 0 Å². The van der Waals surface area contributed by atoms with Crippen LogP contribution in [-0.2, 0) is 0 Å². The Bertz CT molecular complexity index is 671. The third kappa shape index (κ3) is 3.03. The third-order valence-electron chi connectivity index (χ3n) is 2.59. The molecule has 0 aliphatic heterocycles. The summed E-state index contributed by atoms with van der Waals surface area (Å²) in [6.45, 7) is 0. The second kappa shape index (κ2) is 5.83. The Morgan fingerprint density at radius 1 is 1.10 bits per heavy atom. The Morgan fingerprint density at radius 2 is 1.75 bits per heavy atom. The second-order valence-corrected chi connectivity index (χ2v) is 4.79. The molecule has 2 rings (SSSR count). The summed E-state index contributed by atoms with van der Waals surface area (Å²) in [7, 11) is 0. The smallest absolute Gasteiger partial charge is 0.335 e. The minimum absolute atomic E-state index is 0.0957. The molecule has 2 aromatic carbocycles. The Kier molecular flexibility index (Phi) is 4.14. The Balaban J connectivity index is 2.19. The molecule has 0 unspecified atom stereocenters. The van der Waals surface area contributed by atoms with Gasteiger partial charge in [-0.3, -0.25) is 4.79 Å². The number of carboxylic acids is 1. The van der Waals surface area contributed by atoms with Gasteiger partial charge in [0.25, 0.3) is 5.91 Å². The molecule has 0 aromatic heterocycles.